The quantitative estimate of drug-likeness (QED) is 0.242. The number of rotatable bonds is 8. The van der Waals surface area contributed by atoms with Crippen LogP contribution in [0.25, 0.3) is 11.3 Å². The minimum absolute atomic E-state index is 0.0209. The number of amides is 1. The maximum absolute atomic E-state index is 13.8. The van der Waals surface area contributed by atoms with E-state index in [1.165, 1.54) is 30.5 Å². The van der Waals surface area contributed by atoms with E-state index >= 15 is 0 Å². The molecule has 1 aromatic heterocycles. The van der Waals surface area contributed by atoms with Crippen LogP contribution in [0.15, 0.2) is 77.8 Å². The zero-order chi connectivity index (χ0) is 31.2. The van der Waals surface area contributed by atoms with Gasteiger partial charge >= 0.3 is 6.18 Å². The summed E-state index contributed by atoms with van der Waals surface area (Å²) in [5.41, 5.74) is -0.191. The first kappa shape index (κ1) is 30.3. The van der Waals surface area contributed by atoms with Gasteiger partial charge in [0.05, 0.1) is 34.8 Å². The van der Waals surface area contributed by atoms with Crippen molar-refractivity contribution in [3.8, 4) is 11.3 Å². The van der Waals surface area contributed by atoms with Gasteiger partial charge in [-0.2, -0.15) is 13.2 Å². The maximum Gasteiger partial charge on any atom is 0.416 e. The van der Waals surface area contributed by atoms with E-state index in [0.717, 1.165) is 30.3 Å². The molecular weight excluding hydrogens is 619 g/mol. The van der Waals surface area contributed by atoms with Crippen LogP contribution in [0.5, 0.6) is 0 Å². The molecule has 1 fully saturated rings. The van der Waals surface area contributed by atoms with Crippen LogP contribution in [0.2, 0.25) is 0 Å². The topological polar surface area (TPSA) is 138 Å². The van der Waals surface area contributed by atoms with Gasteiger partial charge in [-0.05, 0) is 47.9 Å². The first-order valence-corrected chi connectivity index (χ1v) is 15.5. The van der Waals surface area contributed by atoms with E-state index in [2.05, 4.69) is 14.7 Å². The third-order valence-electron chi connectivity index (χ3n) is 6.66. The number of carbonyl (C=O) groups is 1. The average molecular weight is 641 g/mol. The van der Waals surface area contributed by atoms with Crippen LogP contribution in [0.1, 0.15) is 40.2 Å². The van der Waals surface area contributed by atoms with Crippen molar-refractivity contribution < 1.29 is 43.6 Å². The van der Waals surface area contributed by atoms with Gasteiger partial charge in [0.15, 0.2) is 0 Å². The molecule has 0 saturated carbocycles. The van der Waals surface area contributed by atoms with Gasteiger partial charge in [0.1, 0.15) is 22.7 Å². The molecule has 4 aromatic rings. The van der Waals surface area contributed by atoms with Gasteiger partial charge in [0, 0.05) is 11.6 Å². The molecule has 1 saturated heterocycles. The second-order valence-electron chi connectivity index (χ2n) is 9.75. The lowest BCUT2D eigenvalue weighted by Crippen LogP contribution is -2.31. The van der Waals surface area contributed by atoms with E-state index in [0.29, 0.717) is 23.3 Å². The molecule has 16 heteroatoms. The molecule has 3 aromatic carbocycles. The fourth-order valence-electron chi connectivity index (χ4n) is 4.61. The number of carbonyl (C=O) groups excluding carboxylic acids is 1. The highest BCUT2D eigenvalue weighted by molar-refractivity contribution is 7.90. The molecule has 0 bridgehead atoms. The second-order valence-corrected chi connectivity index (χ2v) is 13.3. The summed E-state index contributed by atoms with van der Waals surface area (Å²) in [6.07, 6.45) is -3.97. The number of nitrogens with one attached hydrogen (secondary N) is 3. The summed E-state index contributed by atoms with van der Waals surface area (Å²) < 4.78 is 123. The van der Waals surface area contributed by atoms with Crippen molar-refractivity contribution in [2.75, 3.05) is 0 Å². The van der Waals surface area contributed by atoms with Crippen molar-refractivity contribution in [1.29, 1.82) is 0 Å². The molecule has 0 radical (unpaired) electrons. The Hall–Kier alpha value is -4.15. The van der Waals surface area contributed by atoms with Crippen LogP contribution >= 0.6 is 0 Å². The maximum atomic E-state index is 13.8. The van der Waals surface area contributed by atoms with Gasteiger partial charge in [-0.3, -0.25) is 9.52 Å². The van der Waals surface area contributed by atoms with Crippen molar-refractivity contribution in [1.82, 2.24) is 19.4 Å². The highest BCUT2D eigenvalue weighted by Gasteiger charge is 2.38. The highest BCUT2D eigenvalue weighted by Crippen LogP contribution is 2.33. The smallest absolute Gasteiger partial charge is 0.341 e. The lowest BCUT2D eigenvalue weighted by atomic mass is 10.0. The van der Waals surface area contributed by atoms with Crippen molar-refractivity contribution in [2.45, 2.75) is 35.2 Å². The van der Waals surface area contributed by atoms with E-state index in [1.807, 2.05) is 4.72 Å². The van der Waals surface area contributed by atoms with E-state index < -0.39 is 65.5 Å². The predicted octanol–water partition coefficient (Wildman–Crippen LogP) is 4.53. The van der Waals surface area contributed by atoms with Crippen LogP contribution in [-0.4, -0.2) is 32.7 Å². The number of hydrogen-bond acceptors (Lipinski definition) is 6. The number of alkyl halides is 3. The number of aromatic nitrogens is 2. The summed E-state index contributed by atoms with van der Waals surface area (Å²) >= 11 is 0. The molecule has 0 spiro atoms. The van der Waals surface area contributed by atoms with Gasteiger partial charge in [0.25, 0.3) is 0 Å². The SMILES string of the molecule is O=C1CC(c2ccc(CC(NS(=O)(=O)c3cccc(C(F)(F)F)c3)c3ncc(-c4cc(F)cc(F)c4)[nH]3)cc2)S(=O)(=O)N1. The van der Waals surface area contributed by atoms with Gasteiger partial charge < -0.3 is 4.98 Å². The third-order valence-corrected chi connectivity index (χ3v) is 9.83. The zero-order valence-corrected chi connectivity index (χ0v) is 23.3. The van der Waals surface area contributed by atoms with Crippen LogP contribution in [0, 0.1) is 11.6 Å². The number of sulfonamides is 2. The molecule has 9 nitrogen and oxygen atoms in total. The Bertz CT molecular complexity index is 1890. The van der Waals surface area contributed by atoms with Gasteiger partial charge in [-0.1, -0.05) is 30.3 Å². The minimum Gasteiger partial charge on any atom is -0.341 e. The fourth-order valence-corrected chi connectivity index (χ4v) is 7.28. The van der Waals surface area contributed by atoms with E-state index in [4.69, 9.17) is 0 Å². The van der Waals surface area contributed by atoms with Gasteiger partial charge in [-0.25, -0.2) is 35.3 Å². The largest absolute Gasteiger partial charge is 0.416 e. The van der Waals surface area contributed by atoms with Crippen molar-refractivity contribution in [3.63, 3.8) is 0 Å². The van der Waals surface area contributed by atoms with Crippen molar-refractivity contribution in [3.05, 3.63) is 107 Å². The molecule has 2 unspecified atom stereocenters. The Kier molecular flexibility index (Phi) is 7.87. The number of H-pyrrole nitrogens is 1. The first-order valence-electron chi connectivity index (χ1n) is 12.4. The molecule has 5 rings (SSSR count). The lowest BCUT2D eigenvalue weighted by molar-refractivity contribution is -0.137. The number of nitrogens with zero attached hydrogens (tertiary/aromatic N) is 1. The van der Waals surface area contributed by atoms with Gasteiger partial charge in [0.2, 0.25) is 26.0 Å². The third kappa shape index (κ3) is 6.76. The number of imidazole rings is 1. The molecule has 1 amide bonds. The Morgan fingerprint density at radius 1 is 1.00 bits per heavy atom. The Labute approximate surface area is 242 Å². The normalized spacial score (nSPS) is 17.5. The van der Waals surface area contributed by atoms with E-state index in [-0.39, 0.29) is 29.9 Å². The molecule has 1 aliphatic heterocycles. The van der Waals surface area contributed by atoms with Crippen LogP contribution < -0.4 is 9.44 Å². The van der Waals surface area contributed by atoms with Gasteiger partial charge in [-0.15, -0.1) is 0 Å². The van der Waals surface area contributed by atoms with Crippen LogP contribution in [-0.2, 0) is 37.4 Å². The molecule has 43 heavy (non-hydrogen) atoms. The molecular formula is C27H21F5N4O5S2. The summed E-state index contributed by atoms with van der Waals surface area (Å²) in [5.74, 6) is -2.40. The number of hydrogen-bond donors (Lipinski definition) is 3. The molecule has 2 atom stereocenters. The zero-order valence-electron chi connectivity index (χ0n) is 21.7. The van der Waals surface area contributed by atoms with Crippen molar-refractivity contribution >= 4 is 26.0 Å². The summed E-state index contributed by atoms with van der Waals surface area (Å²) in [5, 5.41) is -1.11. The summed E-state index contributed by atoms with van der Waals surface area (Å²) in [6, 6.07) is 10.6. The highest BCUT2D eigenvalue weighted by atomic mass is 32.2. The molecule has 226 valence electrons. The summed E-state index contributed by atoms with van der Waals surface area (Å²) in [6.45, 7) is 0. The standard InChI is InChI=1S/C27H21F5N4O5S2/c28-19-9-17(10-20(29)12-19)23-14-33-26(34-23)22(35-42(38,39)21-3-1-2-18(11-21)27(30,31)32)8-15-4-6-16(7-5-15)24-13-25(37)36-43(24,40)41/h1-7,9-12,14,22,24,35H,8,13H2,(H,33,34)(H,36,37). The minimum atomic E-state index is -4.80. The molecule has 1 aliphatic rings. The monoisotopic (exact) mass is 640 g/mol. The molecule has 0 aliphatic carbocycles. The molecule has 3 N–H and O–H groups in total. The summed E-state index contributed by atoms with van der Waals surface area (Å²) in [4.78, 5) is 17.9. The number of aromatic amines is 1. The van der Waals surface area contributed by atoms with E-state index in [1.54, 1.807) is 0 Å². The van der Waals surface area contributed by atoms with Crippen molar-refractivity contribution in [2.24, 2.45) is 0 Å². The Morgan fingerprint density at radius 2 is 1.67 bits per heavy atom. The first-order chi connectivity index (χ1) is 20.1. The Morgan fingerprint density at radius 3 is 2.28 bits per heavy atom. The number of halogens is 5. The molecule has 2 heterocycles. The average Bonchev–Trinajstić information content (AvgIpc) is 3.51. The number of benzene rings is 3. The second kappa shape index (κ2) is 11.2. The predicted molar refractivity (Wildman–Crippen MR) is 143 cm³/mol. The van der Waals surface area contributed by atoms with Crippen LogP contribution in [0.4, 0.5) is 22.0 Å². The van der Waals surface area contributed by atoms with E-state index in [9.17, 15) is 43.6 Å². The Balaban J connectivity index is 1.48. The fraction of sp³-hybridized carbons (Fsp3) is 0.185. The van der Waals surface area contributed by atoms with Crippen LogP contribution in [0.3, 0.4) is 0 Å². The lowest BCUT2D eigenvalue weighted by Gasteiger charge is -2.18. The summed E-state index contributed by atoms with van der Waals surface area (Å²) in [7, 11) is -8.48.